The van der Waals surface area contributed by atoms with E-state index in [0.717, 1.165) is 5.06 Å². The Hall–Kier alpha value is -0.470. The number of hydroxylamine groups is 2. The molecule has 1 rings (SSSR count). The van der Waals surface area contributed by atoms with Crippen LogP contribution in [0, 0.1) is 0 Å². The van der Waals surface area contributed by atoms with Crippen molar-refractivity contribution in [1.29, 1.82) is 0 Å². The molecule has 0 bridgehead atoms. The van der Waals surface area contributed by atoms with Gasteiger partial charge in [-0.25, -0.2) is 5.06 Å². The fourth-order valence-electron chi connectivity index (χ4n) is 0.464. The molecular formula is C7H12ClNO. The summed E-state index contributed by atoms with van der Waals surface area (Å²) in [5, 5.41) is 9.67. The third-order valence-electron chi connectivity index (χ3n) is 0.873. The number of hydrogen-bond acceptors (Lipinski definition) is 2. The van der Waals surface area contributed by atoms with Gasteiger partial charge in [-0.2, -0.15) is 0 Å². The molecule has 1 unspecified atom stereocenters. The van der Waals surface area contributed by atoms with E-state index in [-0.39, 0.29) is 0 Å². The van der Waals surface area contributed by atoms with Crippen molar-refractivity contribution in [2.75, 3.05) is 0 Å². The first kappa shape index (κ1) is 9.53. The van der Waals surface area contributed by atoms with Crippen LogP contribution in [0.3, 0.4) is 0 Å². The third kappa shape index (κ3) is 2.90. The normalized spacial score (nSPS) is 22.0. The molecule has 0 saturated carbocycles. The van der Waals surface area contributed by atoms with Crippen molar-refractivity contribution in [3.05, 3.63) is 24.4 Å². The SMILES string of the molecule is CC.ON1C=CC=CC1Cl. The van der Waals surface area contributed by atoms with E-state index in [0.29, 0.717) is 0 Å². The van der Waals surface area contributed by atoms with E-state index >= 15 is 0 Å². The van der Waals surface area contributed by atoms with Crippen molar-refractivity contribution >= 4 is 11.6 Å². The first-order chi connectivity index (χ1) is 4.80. The summed E-state index contributed by atoms with van der Waals surface area (Å²) >= 11 is 5.50. The zero-order valence-electron chi connectivity index (χ0n) is 6.16. The molecule has 2 nitrogen and oxygen atoms in total. The van der Waals surface area contributed by atoms with Crippen LogP contribution in [-0.4, -0.2) is 15.8 Å². The van der Waals surface area contributed by atoms with E-state index < -0.39 is 5.50 Å². The van der Waals surface area contributed by atoms with Gasteiger partial charge in [-0.05, 0) is 12.2 Å². The Morgan fingerprint density at radius 3 is 2.30 bits per heavy atom. The molecule has 10 heavy (non-hydrogen) atoms. The highest BCUT2D eigenvalue weighted by atomic mass is 35.5. The van der Waals surface area contributed by atoms with Gasteiger partial charge in [0.1, 0.15) is 5.50 Å². The van der Waals surface area contributed by atoms with Gasteiger partial charge in [-0.3, -0.25) is 5.21 Å². The van der Waals surface area contributed by atoms with E-state index in [9.17, 15) is 0 Å². The summed E-state index contributed by atoms with van der Waals surface area (Å²) < 4.78 is 0. The fraction of sp³-hybridized carbons (Fsp3) is 0.429. The molecule has 0 amide bonds. The minimum Gasteiger partial charge on any atom is -0.287 e. The van der Waals surface area contributed by atoms with E-state index in [1.165, 1.54) is 6.20 Å². The lowest BCUT2D eigenvalue weighted by Gasteiger charge is -2.16. The Bertz CT molecular complexity index is 118. The molecule has 0 fully saturated rings. The zero-order valence-corrected chi connectivity index (χ0v) is 6.92. The molecule has 0 spiro atoms. The fourth-order valence-corrected chi connectivity index (χ4v) is 0.613. The average molecular weight is 162 g/mol. The van der Waals surface area contributed by atoms with Gasteiger partial charge in [0.05, 0.1) is 0 Å². The van der Waals surface area contributed by atoms with E-state index in [1.807, 2.05) is 13.8 Å². The molecule has 0 saturated heterocycles. The minimum absolute atomic E-state index is 0.403. The molecule has 0 aromatic carbocycles. The summed E-state index contributed by atoms with van der Waals surface area (Å²) in [4.78, 5) is 0. The molecule has 1 aliphatic rings. The summed E-state index contributed by atoms with van der Waals surface area (Å²) in [6.45, 7) is 4.00. The standard InChI is InChI=1S/C5H6ClNO.C2H6/c6-5-3-1-2-4-7(5)8;1-2/h1-5,8H;1-2H3. The number of allylic oxidation sites excluding steroid dienone is 2. The lowest BCUT2D eigenvalue weighted by molar-refractivity contribution is -0.0429. The highest BCUT2D eigenvalue weighted by Crippen LogP contribution is 2.07. The van der Waals surface area contributed by atoms with Gasteiger partial charge in [-0.15, -0.1) is 0 Å². The molecule has 0 aliphatic carbocycles. The number of rotatable bonds is 0. The van der Waals surface area contributed by atoms with Crippen LogP contribution in [0.15, 0.2) is 24.4 Å². The zero-order chi connectivity index (χ0) is 7.98. The van der Waals surface area contributed by atoms with Crippen LogP contribution in [0.4, 0.5) is 0 Å². The minimum atomic E-state index is -0.403. The van der Waals surface area contributed by atoms with Crippen molar-refractivity contribution in [3.63, 3.8) is 0 Å². The topological polar surface area (TPSA) is 23.5 Å². The molecular weight excluding hydrogens is 150 g/mol. The van der Waals surface area contributed by atoms with Crippen molar-refractivity contribution in [1.82, 2.24) is 5.06 Å². The largest absolute Gasteiger partial charge is 0.287 e. The molecule has 1 heterocycles. The number of nitrogens with zero attached hydrogens (tertiary/aromatic N) is 1. The van der Waals surface area contributed by atoms with Gasteiger partial charge in [0.25, 0.3) is 0 Å². The van der Waals surface area contributed by atoms with Crippen molar-refractivity contribution in [2.45, 2.75) is 19.3 Å². The van der Waals surface area contributed by atoms with Gasteiger partial charge >= 0.3 is 0 Å². The maximum Gasteiger partial charge on any atom is 0.147 e. The number of alkyl halides is 1. The Labute approximate surface area is 66.4 Å². The van der Waals surface area contributed by atoms with Gasteiger partial charge in [-0.1, -0.05) is 31.5 Å². The first-order valence-electron chi connectivity index (χ1n) is 3.27. The molecule has 3 heteroatoms. The second-order valence-corrected chi connectivity index (χ2v) is 1.93. The maximum atomic E-state index is 8.74. The monoisotopic (exact) mass is 161 g/mol. The predicted molar refractivity (Wildman–Crippen MR) is 42.9 cm³/mol. The van der Waals surface area contributed by atoms with Crippen LogP contribution in [0.5, 0.6) is 0 Å². The van der Waals surface area contributed by atoms with Crippen molar-refractivity contribution < 1.29 is 5.21 Å². The molecule has 1 atom stereocenters. The smallest absolute Gasteiger partial charge is 0.147 e. The second kappa shape index (κ2) is 5.33. The quantitative estimate of drug-likeness (QED) is 0.436. The molecule has 0 radical (unpaired) electrons. The van der Waals surface area contributed by atoms with Crippen LogP contribution in [0.2, 0.25) is 0 Å². The van der Waals surface area contributed by atoms with Gasteiger partial charge in [0.15, 0.2) is 0 Å². The predicted octanol–water partition coefficient (Wildman–Crippen LogP) is 2.35. The van der Waals surface area contributed by atoms with Gasteiger partial charge in [0, 0.05) is 6.20 Å². The Kier molecular flexibility index (Phi) is 5.08. The molecule has 0 aromatic rings. The lowest BCUT2D eigenvalue weighted by Crippen LogP contribution is -2.21. The third-order valence-corrected chi connectivity index (χ3v) is 1.22. The van der Waals surface area contributed by atoms with E-state index in [1.54, 1.807) is 18.2 Å². The van der Waals surface area contributed by atoms with Gasteiger partial charge < -0.3 is 0 Å². The van der Waals surface area contributed by atoms with E-state index in [2.05, 4.69) is 0 Å². The molecule has 1 N–H and O–H groups in total. The summed E-state index contributed by atoms with van der Waals surface area (Å²) in [7, 11) is 0. The maximum absolute atomic E-state index is 8.74. The van der Waals surface area contributed by atoms with E-state index in [4.69, 9.17) is 16.8 Å². The number of halogens is 1. The molecule has 58 valence electrons. The molecule has 1 aliphatic heterocycles. The van der Waals surface area contributed by atoms with Crippen LogP contribution in [0.1, 0.15) is 13.8 Å². The summed E-state index contributed by atoms with van der Waals surface area (Å²) in [6, 6.07) is 0. The van der Waals surface area contributed by atoms with Crippen LogP contribution < -0.4 is 0 Å². The first-order valence-corrected chi connectivity index (χ1v) is 3.70. The van der Waals surface area contributed by atoms with Crippen molar-refractivity contribution in [2.24, 2.45) is 0 Å². The summed E-state index contributed by atoms with van der Waals surface area (Å²) in [5.41, 5.74) is -0.403. The second-order valence-electron chi connectivity index (χ2n) is 1.48. The van der Waals surface area contributed by atoms with Crippen molar-refractivity contribution in [3.8, 4) is 0 Å². The highest BCUT2D eigenvalue weighted by molar-refractivity contribution is 6.21. The lowest BCUT2D eigenvalue weighted by atomic mass is 10.4. The Balaban J connectivity index is 0.000000371. The van der Waals surface area contributed by atoms with Crippen LogP contribution in [-0.2, 0) is 0 Å². The highest BCUT2D eigenvalue weighted by Gasteiger charge is 2.05. The van der Waals surface area contributed by atoms with Gasteiger partial charge in [0.2, 0.25) is 0 Å². The van der Waals surface area contributed by atoms with Crippen LogP contribution >= 0.6 is 11.6 Å². The Morgan fingerprint density at radius 2 is 2.00 bits per heavy atom. The molecule has 0 aromatic heterocycles. The average Bonchev–Trinajstić information content (AvgIpc) is 2.00. The summed E-state index contributed by atoms with van der Waals surface area (Å²) in [5.74, 6) is 0. The van der Waals surface area contributed by atoms with Crippen LogP contribution in [0.25, 0.3) is 0 Å². The summed E-state index contributed by atoms with van der Waals surface area (Å²) in [6.07, 6.45) is 6.67. The Morgan fingerprint density at radius 1 is 1.40 bits per heavy atom. The number of hydrogen-bond donors (Lipinski definition) is 1.